The standard InChI is InChI=1S/C21H39N5O3/c1-5-23-20(27)15-12-16-19(25(17(15)22)10-7-11-29-13(2)3)24-18-14(4)8-6-9-26(18)21(16)28/h13-19,24H,5-12,22H2,1-4H3,(H,23,27). The largest absolute Gasteiger partial charge is 0.379 e. The lowest BCUT2D eigenvalue weighted by molar-refractivity contribution is -0.165. The van der Waals surface area contributed by atoms with E-state index in [9.17, 15) is 9.59 Å². The summed E-state index contributed by atoms with van der Waals surface area (Å²) in [7, 11) is 0. The molecule has 0 radical (unpaired) electrons. The molecule has 4 N–H and O–H groups in total. The molecule has 3 aliphatic heterocycles. The molecule has 6 atom stereocenters. The Kier molecular flexibility index (Phi) is 7.53. The molecule has 0 aromatic rings. The van der Waals surface area contributed by atoms with Gasteiger partial charge in [-0.3, -0.25) is 19.8 Å². The summed E-state index contributed by atoms with van der Waals surface area (Å²) in [5.74, 6) is -0.0856. The second kappa shape index (κ2) is 9.73. The van der Waals surface area contributed by atoms with Crippen molar-refractivity contribution in [1.82, 2.24) is 20.4 Å². The van der Waals surface area contributed by atoms with Crippen LogP contribution in [-0.2, 0) is 14.3 Å². The second-order valence-corrected chi connectivity index (χ2v) is 9.05. The van der Waals surface area contributed by atoms with Crippen molar-refractivity contribution < 1.29 is 14.3 Å². The number of hydrogen-bond acceptors (Lipinski definition) is 6. The number of carbonyl (C=O) groups excluding carboxylic acids is 2. The van der Waals surface area contributed by atoms with Crippen LogP contribution in [0.25, 0.3) is 0 Å². The Balaban J connectivity index is 1.80. The number of nitrogens with one attached hydrogen (secondary N) is 2. The number of rotatable bonds is 7. The van der Waals surface area contributed by atoms with Gasteiger partial charge in [0.05, 0.1) is 36.4 Å². The highest BCUT2D eigenvalue weighted by molar-refractivity contribution is 5.84. The zero-order chi connectivity index (χ0) is 21.1. The third-order valence-corrected chi connectivity index (χ3v) is 6.62. The fraction of sp³-hybridized carbons (Fsp3) is 0.905. The molecular weight excluding hydrogens is 370 g/mol. The van der Waals surface area contributed by atoms with Crippen LogP contribution < -0.4 is 16.4 Å². The van der Waals surface area contributed by atoms with E-state index >= 15 is 0 Å². The van der Waals surface area contributed by atoms with Crippen molar-refractivity contribution in [2.75, 3.05) is 26.2 Å². The highest BCUT2D eigenvalue weighted by Crippen LogP contribution is 2.37. The molecule has 0 bridgehead atoms. The molecule has 8 heteroatoms. The van der Waals surface area contributed by atoms with E-state index in [1.54, 1.807) is 0 Å². The Morgan fingerprint density at radius 2 is 2.14 bits per heavy atom. The van der Waals surface area contributed by atoms with E-state index in [1.807, 2.05) is 25.7 Å². The van der Waals surface area contributed by atoms with E-state index in [2.05, 4.69) is 22.5 Å². The summed E-state index contributed by atoms with van der Waals surface area (Å²) in [5, 5.41) is 6.64. The van der Waals surface area contributed by atoms with Gasteiger partial charge in [0.15, 0.2) is 0 Å². The summed E-state index contributed by atoms with van der Waals surface area (Å²) in [4.78, 5) is 30.2. The predicted molar refractivity (Wildman–Crippen MR) is 111 cm³/mol. The lowest BCUT2D eigenvalue weighted by Gasteiger charge is -2.56. The number of fused-ring (bicyclic) bond motifs is 2. The third kappa shape index (κ3) is 4.76. The molecule has 3 aliphatic rings. The average molecular weight is 410 g/mol. The first-order valence-corrected chi connectivity index (χ1v) is 11.3. The number of piperidine rings is 2. The maximum atomic E-state index is 13.4. The topological polar surface area (TPSA) is 99.9 Å². The summed E-state index contributed by atoms with van der Waals surface area (Å²) < 4.78 is 5.70. The van der Waals surface area contributed by atoms with E-state index in [4.69, 9.17) is 10.5 Å². The fourth-order valence-electron chi connectivity index (χ4n) is 5.14. The van der Waals surface area contributed by atoms with Gasteiger partial charge in [-0.25, -0.2) is 0 Å². The van der Waals surface area contributed by atoms with Gasteiger partial charge in [-0.05, 0) is 52.4 Å². The molecule has 0 saturated carbocycles. The van der Waals surface area contributed by atoms with Crippen LogP contribution in [0, 0.1) is 17.8 Å². The summed E-state index contributed by atoms with van der Waals surface area (Å²) in [6.07, 6.45) is 3.19. The zero-order valence-electron chi connectivity index (χ0n) is 18.4. The van der Waals surface area contributed by atoms with Crippen LogP contribution in [0.5, 0.6) is 0 Å². The van der Waals surface area contributed by atoms with Crippen molar-refractivity contribution >= 4 is 11.8 Å². The summed E-state index contributed by atoms with van der Waals surface area (Å²) in [5.41, 5.74) is 6.61. The first kappa shape index (κ1) is 22.5. The quantitative estimate of drug-likeness (QED) is 0.535. The first-order chi connectivity index (χ1) is 13.8. The van der Waals surface area contributed by atoms with Gasteiger partial charge in [0.1, 0.15) is 0 Å². The van der Waals surface area contributed by atoms with Gasteiger partial charge in [-0.2, -0.15) is 0 Å². The van der Waals surface area contributed by atoms with E-state index in [0.29, 0.717) is 32.0 Å². The molecule has 3 heterocycles. The maximum absolute atomic E-state index is 13.4. The van der Waals surface area contributed by atoms with E-state index in [-0.39, 0.29) is 42.1 Å². The first-order valence-electron chi connectivity index (χ1n) is 11.3. The molecule has 3 rings (SSSR count). The molecule has 3 saturated heterocycles. The van der Waals surface area contributed by atoms with Gasteiger partial charge < -0.3 is 20.7 Å². The number of ether oxygens (including phenoxy) is 1. The molecule has 29 heavy (non-hydrogen) atoms. The Morgan fingerprint density at radius 1 is 1.38 bits per heavy atom. The predicted octanol–water partition coefficient (Wildman–Crippen LogP) is 0.674. The Morgan fingerprint density at radius 3 is 2.83 bits per heavy atom. The van der Waals surface area contributed by atoms with E-state index in [1.165, 1.54) is 0 Å². The number of hydrogen-bond donors (Lipinski definition) is 3. The normalized spacial score (nSPS) is 35.4. The van der Waals surface area contributed by atoms with Gasteiger partial charge in [-0.1, -0.05) is 6.92 Å². The lowest BCUT2D eigenvalue weighted by Crippen LogP contribution is -2.75. The van der Waals surface area contributed by atoms with Crippen LogP contribution in [0.15, 0.2) is 0 Å². The zero-order valence-corrected chi connectivity index (χ0v) is 18.4. The molecule has 166 valence electrons. The van der Waals surface area contributed by atoms with Crippen molar-refractivity contribution in [3.05, 3.63) is 0 Å². The third-order valence-electron chi connectivity index (χ3n) is 6.62. The van der Waals surface area contributed by atoms with Crippen molar-refractivity contribution in [3.63, 3.8) is 0 Å². The highest BCUT2D eigenvalue weighted by atomic mass is 16.5. The smallest absolute Gasteiger partial charge is 0.229 e. The van der Waals surface area contributed by atoms with Crippen molar-refractivity contribution in [2.45, 2.75) is 78.0 Å². The van der Waals surface area contributed by atoms with Crippen LogP contribution in [0.3, 0.4) is 0 Å². The molecule has 8 nitrogen and oxygen atoms in total. The van der Waals surface area contributed by atoms with Gasteiger partial charge >= 0.3 is 0 Å². The van der Waals surface area contributed by atoms with Gasteiger partial charge in [0.2, 0.25) is 11.8 Å². The Hall–Kier alpha value is -1.22. The summed E-state index contributed by atoms with van der Waals surface area (Å²) in [6, 6.07) is 0. The Bertz CT molecular complexity index is 587. The number of nitrogens with zero attached hydrogens (tertiary/aromatic N) is 2. The van der Waals surface area contributed by atoms with Crippen molar-refractivity contribution in [3.8, 4) is 0 Å². The van der Waals surface area contributed by atoms with Crippen LogP contribution in [0.1, 0.15) is 53.4 Å². The highest BCUT2D eigenvalue weighted by Gasteiger charge is 2.52. The minimum absolute atomic E-state index is 0.0520. The van der Waals surface area contributed by atoms with Crippen LogP contribution in [0.2, 0.25) is 0 Å². The summed E-state index contributed by atoms with van der Waals surface area (Å²) >= 11 is 0. The van der Waals surface area contributed by atoms with Crippen LogP contribution >= 0.6 is 0 Å². The van der Waals surface area contributed by atoms with Gasteiger partial charge in [0.25, 0.3) is 0 Å². The molecule has 0 aromatic heterocycles. The van der Waals surface area contributed by atoms with Crippen LogP contribution in [-0.4, -0.2) is 72.5 Å². The molecule has 0 aromatic carbocycles. The van der Waals surface area contributed by atoms with E-state index in [0.717, 1.165) is 25.8 Å². The lowest BCUT2D eigenvalue weighted by atomic mass is 9.79. The molecule has 2 amide bonds. The van der Waals surface area contributed by atoms with Gasteiger partial charge in [-0.15, -0.1) is 0 Å². The second-order valence-electron chi connectivity index (χ2n) is 9.05. The number of likely N-dealkylation sites (tertiary alicyclic amines) is 1. The number of nitrogens with two attached hydrogens (primary N) is 1. The maximum Gasteiger partial charge on any atom is 0.229 e. The van der Waals surface area contributed by atoms with Gasteiger partial charge in [0, 0.05) is 26.2 Å². The molecule has 0 spiro atoms. The van der Waals surface area contributed by atoms with Crippen molar-refractivity contribution in [2.24, 2.45) is 23.5 Å². The fourth-order valence-corrected chi connectivity index (χ4v) is 5.14. The minimum Gasteiger partial charge on any atom is -0.379 e. The molecule has 6 unspecified atom stereocenters. The van der Waals surface area contributed by atoms with Crippen molar-refractivity contribution in [1.29, 1.82) is 0 Å². The number of amides is 2. The monoisotopic (exact) mass is 409 g/mol. The molecule has 3 fully saturated rings. The van der Waals surface area contributed by atoms with Crippen LogP contribution in [0.4, 0.5) is 0 Å². The number of carbonyl (C=O) groups is 2. The molecule has 0 aliphatic carbocycles. The minimum atomic E-state index is -0.410. The SMILES string of the molecule is CCNC(=O)C1CC2C(=O)N3CCCC(C)C3NC2N(CCCOC(C)C)C1N. The average Bonchev–Trinajstić information content (AvgIpc) is 2.67. The Labute approximate surface area is 174 Å². The van der Waals surface area contributed by atoms with E-state index < -0.39 is 6.17 Å². The molecular formula is C21H39N5O3. The summed E-state index contributed by atoms with van der Waals surface area (Å²) in [6.45, 7) is 10.9.